The average Bonchev–Trinajstić information content (AvgIpc) is 2.35. The first kappa shape index (κ1) is 9.99. The van der Waals surface area contributed by atoms with Gasteiger partial charge in [0.1, 0.15) is 0 Å². The first-order valence-corrected chi connectivity index (χ1v) is 13.4. The second-order valence-electron chi connectivity index (χ2n) is 3.83. The fourth-order valence-electron chi connectivity index (χ4n) is 1.24. The van der Waals surface area contributed by atoms with Gasteiger partial charge in [0.2, 0.25) is 0 Å². The fourth-order valence-corrected chi connectivity index (χ4v) is 7.75. The molecule has 1 rings (SSSR count). The first-order valence-electron chi connectivity index (χ1n) is 3.86. The van der Waals surface area contributed by atoms with Gasteiger partial charge >= 0.3 is 76.8 Å². The van der Waals surface area contributed by atoms with Gasteiger partial charge in [-0.05, 0) is 0 Å². The second kappa shape index (κ2) is 3.00. The maximum absolute atomic E-state index is 3.86. The monoisotopic (exact) mass is 346 g/mol. The van der Waals surface area contributed by atoms with Crippen molar-refractivity contribution in [1.82, 2.24) is 0 Å². The Kier molecular flexibility index (Phi) is 2.49. The molecule has 1 aliphatic carbocycles. The van der Waals surface area contributed by atoms with E-state index in [2.05, 4.69) is 46.8 Å². The van der Waals surface area contributed by atoms with Crippen LogP contribution in [0.1, 0.15) is 6.42 Å². The summed E-state index contributed by atoms with van der Waals surface area (Å²) in [5.41, 5.74) is 0. The average molecular weight is 346 g/mol. The molecule has 0 fully saturated rings. The van der Waals surface area contributed by atoms with Gasteiger partial charge in [-0.2, -0.15) is 0 Å². The van der Waals surface area contributed by atoms with Gasteiger partial charge in [0.25, 0.3) is 0 Å². The van der Waals surface area contributed by atoms with E-state index in [1.54, 1.807) is 3.96 Å². The Morgan fingerprint density at radius 3 is 2.58 bits per heavy atom. The van der Waals surface area contributed by atoms with E-state index in [0.717, 1.165) is 0 Å². The number of allylic oxidation sites excluding steroid dienone is 5. The zero-order valence-corrected chi connectivity index (χ0v) is 10.5. The molecule has 0 bridgehead atoms. The SMILES string of the molecule is C=C[CH2][Pt]([CH3])([CH3])([CH3])[C]1=CC=CC1. The molecule has 0 radical (unpaired) electrons. The van der Waals surface area contributed by atoms with E-state index < -0.39 is 14.8 Å². The maximum atomic E-state index is 3.86. The standard InChI is InChI=1S/C5H5.C3H5.3CH3.Pt/c1-2-4-5-3-1;1-3-2;;;;/h1-3H,4H2;3H,1-2H2;3*1H3;. The van der Waals surface area contributed by atoms with Gasteiger partial charge in [0, 0.05) is 0 Å². The van der Waals surface area contributed by atoms with Crippen molar-refractivity contribution >= 4 is 0 Å². The fraction of sp³-hybridized carbons (Fsp3) is 0.455. The van der Waals surface area contributed by atoms with E-state index in [-0.39, 0.29) is 0 Å². The predicted octanol–water partition coefficient (Wildman–Crippen LogP) is 4.27. The molecule has 0 N–H and O–H groups in total. The van der Waals surface area contributed by atoms with Gasteiger partial charge in [0.05, 0.1) is 0 Å². The minimum absolute atomic E-state index is 1.19. The zero-order valence-electron chi connectivity index (χ0n) is 8.25. The van der Waals surface area contributed by atoms with E-state index in [0.29, 0.717) is 0 Å². The topological polar surface area (TPSA) is 0 Å². The molecule has 0 aliphatic heterocycles. The number of rotatable bonds is 3. The Morgan fingerprint density at radius 1 is 1.50 bits per heavy atom. The van der Waals surface area contributed by atoms with Gasteiger partial charge in [0.15, 0.2) is 0 Å². The summed E-state index contributed by atoms with van der Waals surface area (Å²) in [5.74, 6) is 0. The summed E-state index contributed by atoms with van der Waals surface area (Å²) < 4.78 is 1.70. The molecule has 12 heavy (non-hydrogen) atoms. The van der Waals surface area contributed by atoms with Crippen molar-refractivity contribution in [3.05, 3.63) is 34.8 Å². The summed E-state index contributed by atoms with van der Waals surface area (Å²) in [6.07, 6.45) is 10.0. The van der Waals surface area contributed by atoms with Crippen LogP contribution in [0.2, 0.25) is 20.8 Å². The zero-order chi connectivity index (χ0) is 9.27. The minimum atomic E-state index is -2.17. The van der Waals surface area contributed by atoms with E-state index in [4.69, 9.17) is 0 Å². The van der Waals surface area contributed by atoms with Crippen LogP contribution < -0.4 is 0 Å². The van der Waals surface area contributed by atoms with Crippen molar-refractivity contribution in [2.24, 2.45) is 0 Å². The summed E-state index contributed by atoms with van der Waals surface area (Å²) >= 11 is -2.17. The van der Waals surface area contributed by atoms with Crippen molar-refractivity contribution in [1.29, 1.82) is 0 Å². The predicted molar refractivity (Wildman–Crippen MR) is 54.4 cm³/mol. The summed E-state index contributed by atoms with van der Waals surface area (Å²) in [7, 11) is 0. The van der Waals surface area contributed by atoms with Crippen molar-refractivity contribution in [3.8, 4) is 0 Å². The molecule has 0 heterocycles. The number of hydrogen-bond donors (Lipinski definition) is 0. The van der Waals surface area contributed by atoms with Gasteiger partial charge in [-0.3, -0.25) is 0 Å². The Hall–Kier alpha value is -0.0917. The third kappa shape index (κ3) is 1.98. The van der Waals surface area contributed by atoms with Crippen LogP contribution in [-0.4, -0.2) is 0 Å². The van der Waals surface area contributed by atoms with Crippen LogP contribution >= 0.6 is 0 Å². The van der Waals surface area contributed by atoms with Crippen LogP contribution in [0.3, 0.4) is 0 Å². The van der Waals surface area contributed by atoms with Gasteiger partial charge in [-0.1, -0.05) is 0 Å². The molecule has 0 nitrogen and oxygen atoms in total. The van der Waals surface area contributed by atoms with Gasteiger partial charge in [-0.25, -0.2) is 0 Å². The molecule has 0 aromatic carbocycles. The molecular formula is C11H19Pt. The first-order chi connectivity index (χ1) is 5.44. The van der Waals surface area contributed by atoms with Crippen molar-refractivity contribution in [3.63, 3.8) is 0 Å². The van der Waals surface area contributed by atoms with Crippen LogP contribution in [0.25, 0.3) is 0 Å². The summed E-state index contributed by atoms with van der Waals surface area (Å²) in [6, 6.07) is 0. The molecule has 0 aromatic rings. The number of hydrogen-bond acceptors (Lipinski definition) is 0. The van der Waals surface area contributed by atoms with Crippen molar-refractivity contribution < 1.29 is 14.8 Å². The van der Waals surface area contributed by atoms with Crippen LogP contribution in [0, 0.1) is 0 Å². The molecule has 0 aromatic heterocycles. The summed E-state index contributed by atoms with van der Waals surface area (Å²) in [4.78, 5) is 1.22. The Morgan fingerprint density at radius 2 is 2.17 bits per heavy atom. The normalized spacial score (nSPS) is 19.9. The Balaban J connectivity index is 2.89. The van der Waals surface area contributed by atoms with E-state index >= 15 is 0 Å². The molecule has 1 heteroatoms. The molecule has 0 amide bonds. The Labute approximate surface area is 76.9 Å². The quantitative estimate of drug-likeness (QED) is 0.670. The molecule has 0 atom stereocenters. The van der Waals surface area contributed by atoms with Crippen molar-refractivity contribution in [2.45, 2.75) is 27.2 Å². The molecule has 0 saturated heterocycles. The summed E-state index contributed by atoms with van der Waals surface area (Å²) in [5, 5.41) is 7.43. The van der Waals surface area contributed by atoms with Crippen molar-refractivity contribution in [2.75, 3.05) is 0 Å². The Bertz CT molecular complexity index is 248. The molecule has 1 aliphatic rings. The van der Waals surface area contributed by atoms with E-state index in [1.165, 1.54) is 11.2 Å². The van der Waals surface area contributed by atoms with Crippen LogP contribution in [0.5, 0.6) is 0 Å². The van der Waals surface area contributed by atoms with E-state index in [9.17, 15) is 0 Å². The van der Waals surface area contributed by atoms with Crippen LogP contribution in [0.15, 0.2) is 34.8 Å². The third-order valence-electron chi connectivity index (χ3n) is 2.00. The van der Waals surface area contributed by atoms with Gasteiger partial charge < -0.3 is 0 Å². The molecule has 73 valence electrons. The molecule has 0 unspecified atom stereocenters. The van der Waals surface area contributed by atoms with Gasteiger partial charge in [-0.15, -0.1) is 0 Å². The molecule has 0 saturated carbocycles. The van der Waals surface area contributed by atoms with Crippen LogP contribution in [0.4, 0.5) is 0 Å². The second-order valence-corrected chi connectivity index (χ2v) is 22.1. The molecular weight excluding hydrogens is 327 g/mol. The van der Waals surface area contributed by atoms with Crippen LogP contribution in [-0.2, 0) is 14.8 Å². The third-order valence-corrected chi connectivity index (χ3v) is 12.2. The summed E-state index contributed by atoms with van der Waals surface area (Å²) in [6.45, 7) is 3.86. The molecule has 0 spiro atoms. The van der Waals surface area contributed by atoms with E-state index in [1.807, 2.05) is 0 Å².